The minimum Gasteiger partial charge on any atom is -0.385 e. The fourth-order valence-electron chi connectivity index (χ4n) is 3.94. The molecule has 0 aliphatic heterocycles. The Hall–Kier alpha value is -1.57. The Morgan fingerprint density at radius 3 is 2.83 bits per heavy atom. The average molecular weight is 452 g/mol. The van der Waals surface area contributed by atoms with Crippen LogP contribution in [0, 0.1) is 5.92 Å². The van der Waals surface area contributed by atoms with E-state index in [-0.39, 0.29) is 17.2 Å². The summed E-state index contributed by atoms with van der Waals surface area (Å²) in [7, 11) is 3.51. The summed E-state index contributed by atoms with van der Waals surface area (Å²) < 4.78 is 6.77. The summed E-state index contributed by atoms with van der Waals surface area (Å²) in [5, 5.41) is 1.61. The second-order valence-electron chi connectivity index (χ2n) is 7.93. The molecule has 1 saturated carbocycles. The maximum Gasteiger partial charge on any atom is 0.262 e. The van der Waals surface area contributed by atoms with Crippen LogP contribution in [-0.2, 0) is 16.1 Å². The van der Waals surface area contributed by atoms with Gasteiger partial charge in [0.05, 0.1) is 16.7 Å². The number of amides is 1. The van der Waals surface area contributed by atoms with Crippen LogP contribution in [0.15, 0.2) is 28.2 Å². The van der Waals surface area contributed by atoms with E-state index in [0.717, 1.165) is 6.54 Å². The van der Waals surface area contributed by atoms with Gasteiger partial charge in [-0.3, -0.25) is 14.2 Å². The number of carbonyl (C=O) groups excluding carboxylic acids is 1. The SMILES string of the molecule is COCCCn1c(SCC(=O)N(C)CC2CCCCC2)nc2cc(Cl)ccc2c1=O. The van der Waals surface area contributed by atoms with E-state index in [0.29, 0.717) is 46.6 Å². The number of benzene rings is 1. The first-order valence-electron chi connectivity index (χ1n) is 10.6. The number of methoxy groups -OCH3 is 1. The summed E-state index contributed by atoms with van der Waals surface area (Å²) in [5.41, 5.74) is 0.444. The third kappa shape index (κ3) is 5.99. The molecule has 0 unspecified atom stereocenters. The molecule has 6 nitrogen and oxygen atoms in total. The molecule has 1 amide bonds. The van der Waals surface area contributed by atoms with Gasteiger partial charge in [0.15, 0.2) is 5.16 Å². The lowest BCUT2D eigenvalue weighted by molar-refractivity contribution is -0.127. The maximum absolute atomic E-state index is 13.0. The Morgan fingerprint density at radius 1 is 1.33 bits per heavy atom. The smallest absolute Gasteiger partial charge is 0.262 e. The molecule has 8 heteroatoms. The molecule has 164 valence electrons. The Morgan fingerprint density at radius 2 is 2.10 bits per heavy atom. The van der Waals surface area contributed by atoms with Gasteiger partial charge in [0.25, 0.3) is 5.56 Å². The molecular weight excluding hydrogens is 422 g/mol. The summed E-state index contributed by atoms with van der Waals surface area (Å²) in [6.45, 7) is 1.85. The van der Waals surface area contributed by atoms with Crippen LogP contribution in [0.4, 0.5) is 0 Å². The lowest BCUT2D eigenvalue weighted by Crippen LogP contribution is -2.34. The molecule has 1 aliphatic carbocycles. The van der Waals surface area contributed by atoms with E-state index in [1.165, 1.54) is 43.9 Å². The lowest BCUT2D eigenvalue weighted by Gasteiger charge is -2.27. The summed E-state index contributed by atoms with van der Waals surface area (Å²) in [6, 6.07) is 5.10. The van der Waals surface area contributed by atoms with Crippen molar-refractivity contribution in [2.75, 3.05) is 33.1 Å². The Labute approximate surface area is 186 Å². The summed E-state index contributed by atoms with van der Waals surface area (Å²) >= 11 is 7.41. The van der Waals surface area contributed by atoms with Gasteiger partial charge >= 0.3 is 0 Å². The molecule has 3 rings (SSSR count). The molecule has 0 spiro atoms. The molecule has 1 aromatic heterocycles. The zero-order valence-corrected chi connectivity index (χ0v) is 19.3. The number of ether oxygens (including phenoxy) is 1. The van der Waals surface area contributed by atoms with Crippen molar-refractivity contribution in [1.82, 2.24) is 14.5 Å². The molecule has 0 atom stereocenters. The highest BCUT2D eigenvalue weighted by Crippen LogP contribution is 2.25. The molecular formula is C22H30ClN3O3S. The number of halogens is 1. The van der Waals surface area contributed by atoms with Crippen LogP contribution in [-0.4, -0.2) is 53.4 Å². The standard InChI is InChI=1S/C22H30ClN3O3S/c1-25(14-16-7-4-3-5-8-16)20(27)15-30-22-24-19-13-17(23)9-10-18(19)21(28)26(22)11-6-12-29-2/h9-10,13,16H,3-8,11-12,14-15H2,1-2H3. The van der Waals surface area contributed by atoms with Gasteiger partial charge in [-0.2, -0.15) is 0 Å². The highest BCUT2D eigenvalue weighted by Gasteiger charge is 2.19. The van der Waals surface area contributed by atoms with E-state index in [1.54, 1.807) is 29.9 Å². The van der Waals surface area contributed by atoms with Gasteiger partial charge in [-0.1, -0.05) is 42.6 Å². The van der Waals surface area contributed by atoms with Gasteiger partial charge in [0.2, 0.25) is 5.91 Å². The topological polar surface area (TPSA) is 64.4 Å². The van der Waals surface area contributed by atoms with Gasteiger partial charge in [-0.05, 0) is 43.4 Å². The van der Waals surface area contributed by atoms with Crippen molar-refractivity contribution in [2.45, 2.75) is 50.2 Å². The van der Waals surface area contributed by atoms with Crippen molar-refractivity contribution < 1.29 is 9.53 Å². The van der Waals surface area contributed by atoms with E-state index >= 15 is 0 Å². The number of rotatable bonds is 9. The van der Waals surface area contributed by atoms with Crippen LogP contribution in [0.2, 0.25) is 5.02 Å². The lowest BCUT2D eigenvalue weighted by atomic mass is 9.89. The molecule has 2 aromatic rings. The highest BCUT2D eigenvalue weighted by atomic mass is 35.5. The summed E-state index contributed by atoms with van der Waals surface area (Å²) in [5.74, 6) is 0.923. The first-order valence-corrected chi connectivity index (χ1v) is 11.9. The molecule has 0 radical (unpaired) electrons. The molecule has 0 N–H and O–H groups in total. The van der Waals surface area contributed by atoms with Gasteiger partial charge in [0.1, 0.15) is 0 Å². The Bertz CT molecular complexity index is 928. The predicted octanol–water partition coefficient (Wildman–Crippen LogP) is 4.22. The van der Waals surface area contributed by atoms with Crippen molar-refractivity contribution in [2.24, 2.45) is 5.92 Å². The largest absolute Gasteiger partial charge is 0.385 e. The van der Waals surface area contributed by atoms with Gasteiger partial charge in [0, 0.05) is 38.9 Å². The number of aromatic nitrogens is 2. The fraction of sp³-hybridized carbons (Fsp3) is 0.591. The third-order valence-corrected chi connectivity index (χ3v) is 6.82. The van der Waals surface area contributed by atoms with Crippen molar-refractivity contribution in [1.29, 1.82) is 0 Å². The molecule has 0 bridgehead atoms. The summed E-state index contributed by atoms with van der Waals surface area (Å²) in [6.07, 6.45) is 6.94. The number of nitrogens with zero attached hydrogens (tertiary/aromatic N) is 3. The van der Waals surface area contributed by atoms with E-state index in [4.69, 9.17) is 16.3 Å². The zero-order chi connectivity index (χ0) is 21.5. The van der Waals surface area contributed by atoms with E-state index in [1.807, 2.05) is 11.9 Å². The Balaban J connectivity index is 1.74. The quantitative estimate of drug-likeness (QED) is 0.324. The first kappa shape index (κ1) is 23.1. The van der Waals surface area contributed by atoms with E-state index < -0.39 is 0 Å². The first-order chi connectivity index (χ1) is 14.5. The van der Waals surface area contributed by atoms with Gasteiger partial charge in [-0.25, -0.2) is 4.98 Å². The normalized spacial score (nSPS) is 14.9. The van der Waals surface area contributed by atoms with E-state index in [9.17, 15) is 9.59 Å². The second kappa shape index (κ2) is 11.2. The maximum atomic E-state index is 13.0. The number of thioether (sulfide) groups is 1. The third-order valence-electron chi connectivity index (χ3n) is 5.62. The zero-order valence-electron chi connectivity index (χ0n) is 17.7. The van der Waals surface area contributed by atoms with Crippen molar-refractivity contribution in [3.63, 3.8) is 0 Å². The van der Waals surface area contributed by atoms with Gasteiger partial charge < -0.3 is 9.64 Å². The summed E-state index contributed by atoms with van der Waals surface area (Å²) in [4.78, 5) is 32.2. The second-order valence-corrected chi connectivity index (χ2v) is 9.30. The Kier molecular flexibility index (Phi) is 8.60. The van der Waals surface area contributed by atoms with Crippen molar-refractivity contribution in [3.8, 4) is 0 Å². The minimum absolute atomic E-state index is 0.0643. The molecule has 0 saturated heterocycles. The fourth-order valence-corrected chi connectivity index (χ4v) is 5.08. The van der Waals surface area contributed by atoms with Crippen molar-refractivity contribution >= 4 is 40.2 Å². The van der Waals surface area contributed by atoms with Crippen LogP contribution in [0.5, 0.6) is 0 Å². The van der Waals surface area contributed by atoms with Crippen LogP contribution in [0.3, 0.4) is 0 Å². The average Bonchev–Trinajstić information content (AvgIpc) is 2.74. The van der Waals surface area contributed by atoms with Crippen LogP contribution in [0.1, 0.15) is 38.5 Å². The molecule has 1 aromatic carbocycles. The monoisotopic (exact) mass is 451 g/mol. The molecule has 1 heterocycles. The molecule has 30 heavy (non-hydrogen) atoms. The number of hydrogen-bond acceptors (Lipinski definition) is 5. The van der Waals surface area contributed by atoms with Crippen LogP contribution >= 0.6 is 23.4 Å². The number of carbonyl (C=O) groups is 1. The van der Waals surface area contributed by atoms with Gasteiger partial charge in [-0.15, -0.1) is 0 Å². The van der Waals surface area contributed by atoms with Crippen molar-refractivity contribution in [3.05, 3.63) is 33.6 Å². The minimum atomic E-state index is -0.113. The van der Waals surface area contributed by atoms with Crippen LogP contribution in [0.25, 0.3) is 10.9 Å². The van der Waals surface area contributed by atoms with E-state index in [2.05, 4.69) is 4.98 Å². The number of hydrogen-bond donors (Lipinski definition) is 0. The highest BCUT2D eigenvalue weighted by molar-refractivity contribution is 7.99. The molecule has 1 fully saturated rings. The van der Waals surface area contributed by atoms with Crippen LogP contribution < -0.4 is 5.56 Å². The molecule has 1 aliphatic rings. The predicted molar refractivity (Wildman–Crippen MR) is 122 cm³/mol. The number of fused-ring (bicyclic) bond motifs is 1.